The van der Waals surface area contributed by atoms with E-state index in [2.05, 4.69) is 9.97 Å². The first-order valence-electron chi connectivity index (χ1n) is 6.15. The highest BCUT2D eigenvalue weighted by Gasteiger charge is 2.00. The summed E-state index contributed by atoms with van der Waals surface area (Å²) in [6, 6.07) is 16.0. The molecule has 0 aliphatic heterocycles. The van der Waals surface area contributed by atoms with Crippen LogP contribution in [0.2, 0.25) is 15.2 Å². The first kappa shape index (κ1) is 18.2. The standard InChI is InChI=1S/C6H6O.C5H2Cl3N.C5H5N/c7-6-4-2-1-3-5-6;6-3-1-2-9-5(8)4(3)7;1-2-4-6-5-3-1/h1-5,7H;1-2H;1-5H. The summed E-state index contributed by atoms with van der Waals surface area (Å²) in [6.45, 7) is 0. The van der Waals surface area contributed by atoms with Crippen molar-refractivity contribution in [3.63, 3.8) is 0 Å². The highest BCUT2D eigenvalue weighted by atomic mass is 35.5. The Balaban J connectivity index is 0.000000169. The summed E-state index contributed by atoms with van der Waals surface area (Å²) in [4.78, 5) is 7.47. The topological polar surface area (TPSA) is 46.0 Å². The SMILES string of the molecule is Clc1ccnc(Cl)c1Cl.Oc1ccccc1.c1ccncc1. The number of aromatic nitrogens is 2. The van der Waals surface area contributed by atoms with Gasteiger partial charge < -0.3 is 5.11 Å². The van der Waals surface area contributed by atoms with Crippen molar-refractivity contribution in [1.29, 1.82) is 0 Å². The second-order valence-corrected chi connectivity index (χ2v) is 4.90. The van der Waals surface area contributed by atoms with Gasteiger partial charge in [0, 0.05) is 18.6 Å². The maximum atomic E-state index is 8.63. The fourth-order valence-corrected chi connectivity index (χ4v) is 1.60. The van der Waals surface area contributed by atoms with Crippen molar-refractivity contribution in [1.82, 2.24) is 9.97 Å². The van der Waals surface area contributed by atoms with Crippen LogP contribution < -0.4 is 0 Å². The molecule has 0 unspecified atom stereocenters. The number of halogens is 3. The molecule has 2 heterocycles. The molecule has 3 aromatic rings. The van der Waals surface area contributed by atoms with E-state index in [0.29, 0.717) is 15.8 Å². The van der Waals surface area contributed by atoms with Crippen LogP contribution in [0, 0.1) is 0 Å². The molecule has 0 fully saturated rings. The monoisotopic (exact) mass is 354 g/mol. The smallest absolute Gasteiger partial charge is 0.149 e. The average molecular weight is 356 g/mol. The molecule has 0 saturated heterocycles. The van der Waals surface area contributed by atoms with Crippen molar-refractivity contribution in [3.8, 4) is 5.75 Å². The largest absolute Gasteiger partial charge is 0.508 e. The average Bonchev–Trinajstić information content (AvgIpc) is 2.56. The van der Waals surface area contributed by atoms with E-state index in [4.69, 9.17) is 39.9 Å². The number of pyridine rings is 2. The van der Waals surface area contributed by atoms with E-state index < -0.39 is 0 Å². The highest BCUT2D eigenvalue weighted by molar-refractivity contribution is 6.47. The van der Waals surface area contributed by atoms with Crippen LogP contribution in [0.4, 0.5) is 0 Å². The van der Waals surface area contributed by atoms with Gasteiger partial charge in [0.05, 0.1) is 10.0 Å². The molecular weight excluding hydrogens is 343 g/mol. The summed E-state index contributed by atoms with van der Waals surface area (Å²) in [5, 5.41) is 9.61. The van der Waals surface area contributed by atoms with Gasteiger partial charge in [0.1, 0.15) is 10.9 Å². The Hall–Kier alpha value is -1.81. The lowest BCUT2D eigenvalue weighted by Gasteiger charge is -1.93. The number of phenolic OH excluding ortho intramolecular Hbond substituents is 1. The Labute approximate surface area is 144 Å². The maximum Gasteiger partial charge on any atom is 0.149 e. The van der Waals surface area contributed by atoms with E-state index in [-0.39, 0.29) is 5.15 Å². The second-order valence-electron chi connectivity index (χ2n) is 3.76. The summed E-state index contributed by atoms with van der Waals surface area (Å²) < 4.78 is 0. The van der Waals surface area contributed by atoms with Gasteiger partial charge in [-0.25, -0.2) is 4.98 Å². The molecule has 0 spiro atoms. The highest BCUT2D eigenvalue weighted by Crippen LogP contribution is 2.26. The molecular formula is C16H13Cl3N2O. The zero-order chi connectivity index (χ0) is 16.2. The van der Waals surface area contributed by atoms with Crippen molar-refractivity contribution < 1.29 is 5.11 Å². The van der Waals surface area contributed by atoms with E-state index in [1.807, 2.05) is 24.3 Å². The Kier molecular flexibility index (Phi) is 9.00. The Morgan fingerprint density at radius 3 is 1.64 bits per heavy atom. The minimum absolute atomic E-state index is 0.240. The van der Waals surface area contributed by atoms with Crippen LogP contribution in [0.3, 0.4) is 0 Å². The first-order chi connectivity index (χ1) is 10.6. The van der Waals surface area contributed by atoms with E-state index in [1.165, 1.54) is 6.20 Å². The van der Waals surface area contributed by atoms with Gasteiger partial charge in [-0.2, -0.15) is 0 Å². The first-order valence-corrected chi connectivity index (χ1v) is 7.29. The predicted octanol–water partition coefficient (Wildman–Crippen LogP) is 5.52. The molecule has 3 rings (SSSR count). The van der Waals surface area contributed by atoms with Crippen molar-refractivity contribution >= 4 is 34.8 Å². The normalized spacial score (nSPS) is 8.86. The zero-order valence-electron chi connectivity index (χ0n) is 11.4. The summed E-state index contributed by atoms with van der Waals surface area (Å²) >= 11 is 16.6. The van der Waals surface area contributed by atoms with Crippen molar-refractivity contribution in [2.24, 2.45) is 0 Å². The van der Waals surface area contributed by atoms with E-state index >= 15 is 0 Å². The molecule has 2 aromatic heterocycles. The fraction of sp³-hybridized carbons (Fsp3) is 0. The van der Waals surface area contributed by atoms with Gasteiger partial charge in [-0.3, -0.25) is 4.98 Å². The van der Waals surface area contributed by atoms with E-state index in [0.717, 1.165) is 0 Å². The number of aromatic hydroxyl groups is 1. The summed E-state index contributed by atoms with van der Waals surface area (Å²) in [7, 11) is 0. The predicted molar refractivity (Wildman–Crippen MR) is 91.6 cm³/mol. The Morgan fingerprint density at radius 2 is 1.32 bits per heavy atom. The minimum Gasteiger partial charge on any atom is -0.508 e. The summed E-state index contributed by atoms with van der Waals surface area (Å²) in [6.07, 6.45) is 5.00. The minimum atomic E-state index is 0.240. The molecule has 0 radical (unpaired) electrons. The molecule has 0 bridgehead atoms. The van der Waals surface area contributed by atoms with Crippen LogP contribution in [0.1, 0.15) is 0 Å². The van der Waals surface area contributed by atoms with Crippen LogP contribution in [-0.2, 0) is 0 Å². The van der Waals surface area contributed by atoms with Crippen LogP contribution in [0.25, 0.3) is 0 Å². The Bertz CT molecular complexity index is 605. The van der Waals surface area contributed by atoms with Crippen molar-refractivity contribution in [2.45, 2.75) is 0 Å². The third kappa shape index (κ3) is 7.84. The van der Waals surface area contributed by atoms with E-state index in [9.17, 15) is 0 Å². The Morgan fingerprint density at radius 1 is 0.727 bits per heavy atom. The molecule has 0 atom stereocenters. The van der Waals surface area contributed by atoms with Gasteiger partial charge in [0.25, 0.3) is 0 Å². The lowest BCUT2D eigenvalue weighted by molar-refractivity contribution is 0.475. The molecule has 6 heteroatoms. The number of hydrogen-bond donors (Lipinski definition) is 1. The van der Waals surface area contributed by atoms with Crippen LogP contribution in [0.15, 0.2) is 73.2 Å². The van der Waals surface area contributed by atoms with Gasteiger partial charge in [-0.15, -0.1) is 0 Å². The molecule has 22 heavy (non-hydrogen) atoms. The van der Waals surface area contributed by atoms with Crippen LogP contribution in [-0.4, -0.2) is 15.1 Å². The molecule has 0 amide bonds. The lowest BCUT2D eigenvalue weighted by Crippen LogP contribution is -1.74. The van der Waals surface area contributed by atoms with Gasteiger partial charge in [0.15, 0.2) is 0 Å². The maximum absolute atomic E-state index is 8.63. The molecule has 0 saturated carbocycles. The lowest BCUT2D eigenvalue weighted by atomic mass is 10.3. The molecule has 1 N–H and O–H groups in total. The number of benzene rings is 1. The van der Waals surface area contributed by atoms with Gasteiger partial charge in [-0.05, 0) is 30.3 Å². The molecule has 0 aliphatic rings. The number of phenols is 1. The zero-order valence-corrected chi connectivity index (χ0v) is 13.7. The number of nitrogens with zero attached hydrogens (tertiary/aromatic N) is 2. The van der Waals surface area contributed by atoms with Crippen molar-refractivity contribution in [3.05, 3.63) is 88.4 Å². The third-order valence-electron chi connectivity index (χ3n) is 2.12. The second kappa shape index (κ2) is 10.9. The molecule has 1 aromatic carbocycles. The van der Waals surface area contributed by atoms with Gasteiger partial charge in [0.2, 0.25) is 0 Å². The van der Waals surface area contributed by atoms with Crippen molar-refractivity contribution in [2.75, 3.05) is 0 Å². The summed E-state index contributed by atoms with van der Waals surface area (Å²) in [5.74, 6) is 0.322. The van der Waals surface area contributed by atoms with Gasteiger partial charge >= 0.3 is 0 Å². The fourth-order valence-electron chi connectivity index (χ4n) is 1.14. The number of hydrogen-bond acceptors (Lipinski definition) is 3. The molecule has 0 aliphatic carbocycles. The van der Waals surface area contributed by atoms with Crippen LogP contribution in [0.5, 0.6) is 5.75 Å². The number of para-hydroxylation sites is 1. The van der Waals surface area contributed by atoms with E-state index in [1.54, 1.807) is 42.7 Å². The molecule has 114 valence electrons. The quantitative estimate of drug-likeness (QED) is 0.540. The molecule has 3 nitrogen and oxygen atoms in total. The van der Waals surface area contributed by atoms with Crippen LogP contribution >= 0.6 is 34.8 Å². The third-order valence-corrected chi connectivity index (χ3v) is 3.30. The summed E-state index contributed by atoms with van der Waals surface area (Å²) in [5.41, 5.74) is 0. The van der Waals surface area contributed by atoms with Gasteiger partial charge in [-0.1, -0.05) is 59.1 Å². The number of rotatable bonds is 0.